The lowest BCUT2D eigenvalue weighted by Crippen LogP contribution is -2.14. The number of rotatable bonds is 9. The predicted octanol–water partition coefficient (Wildman–Crippen LogP) is 1.62. The second-order valence-corrected chi connectivity index (χ2v) is 6.90. The third-order valence-corrected chi connectivity index (χ3v) is 3.60. The van der Waals surface area contributed by atoms with Gasteiger partial charge in [-0.05, 0) is 30.7 Å². The first kappa shape index (κ1) is 16.8. The molecule has 0 saturated carbocycles. The molecule has 0 amide bonds. The molecule has 0 aliphatic heterocycles. The summed E-state index contributed by atoms with van der Waals surface area (Å²) in [5, 5.41) is 3.30. The molecule has 0 fully saturated rings. The van der Waals surface area contributed by atoms with Crippen LogP contribution in [0.25, 0.3) is 0 Å². The second-order valence-electron chi connectivity index (χ2n) is 4.64. The molecule has 0 unspecified atom stereocenters. The van der Waals surface area contributed by atoms with Gasteiger partial charge in [0, 0.05) is 12.8 Å². The molecular weight excluding hydrogens is 278 g/mol. The van der Waals surface area contributed by atoms with E-state index in [1.165, 1.54) is 6.26 Å². The van der Waals surface area contributed by atoms with E-state index < -0.39 is 9.84 Å². The van der Waals surface area contributed by atoms with Crippen molar-refractivity contribution in [3.8, 4) is 11.5 Å². The normalized spacial score (nSPS) is 11.3. The topological polar surface area (TPSA) is 64.6 Å². The highest BCUT2D eigenvalue weighted by Crippen LogP contribution is 2.28. The van der Waals surface area contributed by atoms with Crippen LogP contribution in [0.15, 0.2) is 18.2 Å². The maximum atomic E-state index is 11.1. The molecule has 0 saturated heterocycles. The zero-order valence-electron chi connectivity index (χ0n) is 12.3. The van der Waals surface area contributed by atoms with Gasteiger partial charge in [-0.15, -0.1) is 0 Å². The van der Waals surface area contributed by atoms with Crippen molar-refractivity contribution in [3.05, 3.63) is 23.8 Å². The van der Waals surface area contributed by atoms with Crippen molar-refractivity contribution >= 4 is 9.84 Å². The highest BCUT2D eigenvalue weighted by Gasteiger charge is 2.08. The summed E-state index contributed by atoms with van der Waals surface area (Å²) in [6, 6.07) is 5.67. The van der Waals surface area contributed by atoms with Crippen molar-refractivity contribution in [2.45, 2.75) is 19.9 Å². The van der Waals surface area contributed by atoms with Crippen LogP contribution in [-0.4, -0.2) is 40.7 Å². The zero-order chi connectivity index (χ0) is 15.0. The largest absolute Gasteiger partial charge is 0.493 e. The minimum Gasteiger partial charge on any atom is -0.493 e. The summed E-state index contributed by atoms with van der Waals surface area (Å²) in [6.07, 6.45) is 2.27. The van der Waals surface area contributed by atoms with Crippen molar-refractivity contribution in [1.82, 2.24) is 5.32 Å². The minimum atomic E-state index is -3.02. The maximum absolute atomic E-state index is 11.1. The summed E-state index contributed by atoms with van der Waals surface area (Å²) in [7, 11) is -1.46. The summed E-state index contributed by atoms with van der Waals surface area (Å²) < 4.78 is 32.9. The number of methoxy groups -OCH3 is 1. The predicted molar refractivity (Wildman–Crippen MR) is 80.2 cm³/mol. The molecule has 0 aliphatic rings. The molecule has 1 rings (SSSR count). The van der Waals surface area contributed by atoms with Crippen LogP contribution >= 0.6 is 0 Å². The van der Waals surface area contributed by atoms with Gasteiger partial charge in [0.2, 0.25) is 0 Å². The number of benzene rings is 1. The Balaban J connectivity index is 2.68. The van der Waals surface area contributed by atoms with Crippen molar-refractivity contribution in [1.29, 1.82) is 0 Å². The molecule has 1 aromatic carbocycles. The van der Waals surface area contributed by atoms with Gasteiger partial charge in [0.15, 0.2) is 21.3 Å². The first-order valence-electron chi connectivity index (χ1n) is 6.64. The Kier molecular flexibility index (Phi) is 6.81. The molecule has 0 spiro atoms. The molecule has 114 valence electrons. The van der Waals surface area contributed by atoms with Crippen molar-refractivity contribution in [3.63, 3.8) is 0 Å². The molecule has 0 bridgehead atoms. The third-order valence-electron chi connectivity index (χ3n) is 2.70. The molecule has 0 atom stereocenters. The number of sulfone groups is 1. The summed E-state index contributed by atoms with van der Waals surface area (Å²) in [4.78, 5) is 0. The van der Waals surface area contributed by atoms with E-state index in [1.54, 1.807) is 7.11 Å². The first-order chi connectivity index (χ1) is 9.46. The van der Waals surface area contributed by atoms with E-state index in [9.17, 15) is 8.42 Å². The van der Waals surface area contributed by atoms with Gasteiger partial charge in [0.1, 0.15) is 6.61 Å². The molecule has 0 aromatic heterocycles. The van der Waals surface area contributed by atoms with Crippen LogP contribution < -0.4 is 14.8 Å². The average Bonchev–Trinajstić information content (AvgIpc) is 2.38. The lowest BCUT2D eigenvalue weighted by Gasteiger charge is -2.12. The van der Waals surface area contributed by atoms with Gasteiger partial charge in [-0.25, -0.2) is 8.42 Å². The molecule has 0 radical (unpaired) electrons. The summed E-state index contributed by atoms with van der Waals surface area (Å²) >= 11 is 0. The molecule has 1 N–H and O–H groups in total. The van der Waals surface area contributed by atoms with Crippen LogP contribution in [0, 0.1) is 0 Å². The Hall–Kier alpha value is -1.27. The quantitative estimate of drug-likeness (QED) is 0.702. The molecule has 0 aliphatic carbocycles. The van der Waals surface area contributed by atoms with Crippen LogP contribution in [0.2, 0.25) is 0 Å². The molecule has 20 heavy (non-hydrogen) atoms. The van der Waals surface area contributed by atoms with Crippen LogP contribution in [0.4, 0.5) is 0 Å². The van der Waals surface area contributed by atoms with Gasteiger partial charge < -0.3 is 14.8 Å². The Bertz CT molecular complexity index is 514. The van der Waals surface area contributed by atoms with Crippen LogP contribution in [0.5, 0.6) is 11.5 Å². The smallest absolute Gasteiger partial charge is 0.161 e. The van der Waals surface area contributed by atoms with Gasteiger partial charge in [-0.1, -0.05) is 13.0 Å². The minimum absolute atomic E-state index is 0.00549. The van der Waals surface area contributed by atoms with Crippen LogP contribution in [0.3, 0.4) is 0 Å². The maximum Gasteiger partial charge on any atom is 0.161 e. The first-order valence-corrected chi connectivity index (χ1v) is 8.70. The SMILES string of the molecule is CCCNCc1ccc(OC)c(OCCS(C)(=O)=O)c1. The van der Waals surface area contributed by atoms with Crippen molar-refractivity contribution < 1.29 is 17.9 Å². The molecule has 6 heteroatoms. The van der Waals surface area contributed by atoms with Crippen molar-refractivity contribution in [2.24, 2.45) is 0 Å². The Morgan fingerprint density at radius 3 is 2.60 bits per heavy atom. The van der Waals surface area contributed by atoms with E-state index in [0.29, 0.717) is 11.5 Å². The summed E-state index contributed by atoms with van der Waals surface area (Å²) in [5.74, 6) is 1.18. The number of ether oxygens (including phenoxy) is 2. The molecule has 1 aromatic rings. The standard InChI is InChI=1S/C14H23NO4S/c1-4-7-15-11-12-5-6-13(18-2)14(10-12)19-8-9-20(3,16)17/h5-6,10,15H,4,7-9,11H2,1-3H3. The lowest BCUT2D eigenvalue weighted by atomic mass is 10.2. The van der Waals surface area contributed by atoms with E-state index in [0.717, 1.165) is 25.1 Å². The molecular formula is C14H23NO4S. The fourth-order valence-corrected chi connectivity index (χ4v) is 2.04. The highest BCUT2D eigenvalue weighted by molar-refractivity contribution is 7.90. The van der Waals surface area contributed by atoms with E-state index in [4.69, 9.17) is 9.47 Å². The monoisotopic (exact) mass is 301 g/mol. The Morgan fingerprint density at radius 1 is 1.25 bits per heavy atom. The zero-order valence-corrected chi connectivity index (χ0v) is 13.1. The second kappa shape index (κ2) is 8.11. The molecule has 5 nitrogen and oxygen atoms in total. The van der Waals surface area contributed by atoms with Gasteiger partial charge in [-0.3, -0.25) is 0 Å². The van der Waals surface area contributed by atoms with E-state index in [2.05, 4.69) is 12.2 Å². The lowest BCUT2D eigenvalue weighted by molar-refractivity contribution is 0.311. The number of hydrogen-bond donors (Lipinski definition) is 1. The van der Waals surface area contributed by atoms with E-state index >= 15 is 0 Å². The van der Waals surface area contributed by atoms with Gasteiger partial charge in [0.25, 0.3) is 0 Å². The van der Waals surface area contributed by atoms with Crippen LogP contribution in [-0.2, 0) is 16.4 Å². The van der Waals surface area contributed by atoms with E-state index in [1.807, 2.05) is 18.2 Å². The summed E-state index contributed by atoms with van der Waals surface area (Å²) in [6.45, 7) is 3.94. The van der Waals surface area contributed by atoms with Gasteiger partial charge in [-0.2, -0.15) is 0 Å². The summed E-state index contributed by atoms with van der Waals surface area (Å²) in [5.41, 5.74) is 1.08. The fraction of sp³-hybridized carbons (Fsp3) is 0.571. The number of nitrogens with one attached hydrogen (secondary N) is 1. The molecule has 0 heterocycles. The highest BCUT2D eigenvalue weighted by atomic mass is 32.2. The van der Waals surface area contributed by atoms with E-state index in [-0.39, 0.29) is 12.4 Å². The van der Waals surface area contributed by atoms with Crippen LogP contribution in [0.1, 0.15) is 18.9 Å². The van der Waals surface area contributed by atoms with Gasteiger partial charge >= 0.3 is 0 Å². The Labute approximate surface area is 121 Å². The fourth-order valence-electron chi connectivity index (χ4n) is 1.66. The number of hydrogen-bond acceptors (Lipinski definition) is 5. The van der Waals surface area contributed by atoms with Crippen molar-refractivity contribution in [2.75, 3.05) is 32.3 Å². The Morgan fingerprint density at radius 2 is 2.00 bits per heavy atom. The van der Waals surface area contributed by atoms with Gasteiger partial charge in [0.05, 0.1) is 12.9 Å². The third kappa shape index (κ3) is 6.25. The average molecular weight is 301 g/mol.